The molecule has 15 heavy (non-hydrogen) atoms. The summed E-state index contributed by atoms with van der Waals surface area (Å²) in [7, 11) is 0. The maximum Gasteiger partial charge on any atom is 0.129 e. The highest BCUT2D eigenvalue weighted by Gasteiger charge is 2.08. The van der Waals surface area contributed by atoms with E-state index in [1.54, 1.807) is 29.7 Å². The van der Waals surface area contributed by atoms with E-state index in [-0.39, 0.29) is 0 Å². The van der Waals surface area contributed by atoms with Gasteiger partial charge in [-0.05, 0) is 34.0 Å². The topological polar surface area (TPSA) is 33.1 Å². The highest BCUT2D eigenvalue weighted by Crippen LogP contribution is 2.19. The molecule has 2 nitrogen and oxygen atoms in total. The van der Waals surface area contributed by atoms with Crippen LogP contribution in [-0.4, -0.2) is 10.1 Å². The van der Waals surface area contributed by atoms with Gasteiger partial charge in [-0.1, -0.05) is 17.7 Å². The largest absolute Gasteiger partial charge is 0.388 e. The quantitative estimate of drug-likeness (QED) is 0.836. The molecule has 4 heteroatoms. The normalized spacial score (nSPS) is 12.7. The summed E-state index contributed by atoms with van der Waals surface area (Å²) in [6.07, 6.45) is 1.72. The van der Waals surface area contributed by atoms with E-state index in [2.05, 4.69) is 4.98 Å². The lowest BCUT2D eigenvalue weighted by molar-refractivity contribution is 0.178. The molecule has 2 rings (SSSR count). The van der Waals surface area contributed by atoms with E-state index >= 15 is 0 Å². The van der Waals surface area contributed by atoms with Gasteiger partial charge in [0.15, 0.2) is 0 Å². The molecule has 0 aliphatic heterocycles. The first kappa shape index (κ1) is 10.6. The second kappa shape index (κ2) is 4.75. The molecule has 2 aromatic heterocycles. The Labute approximate surface area is 97.2 Å². The fourth-order valence-electron chi connectivity index (χ4n) is 1.33. The Kier molecular flexibility index (Phi) is 3.36. The van der Waals surface area contributed by atoms with Gasteiger partial charge in [0.2, 0.25) is 0 Å². The number of nitrogens with zero attached hydrogens (tertiary/aromatic N) is 1. The minimum absolute atomic E-state index is 0.446. The molecular formula is C11H10ClNOS. The van der Waals surface area contributed by atoms with Crippen molar-refractivity contribution in [2.75, 3.05) is 0 Å². The zero-order valence-corrected chi connectivity index (χ0v) is 9.50. The molecule has 0 saturated heterocycles. The zero-order chi connectivity index (χ0) is 10.7. The van der Waals surface area contributed by atoms with Gasteiger partial charge >= 0.3 is 0 Å². The van der Waals surface area contributed by atoms with Gasteiger partial charge < -0.3 is 5.11 Å². The van der Waals surface area contributed by atoms with Crippen LogP contribution < -0.4 is 0 Å². The fraction of sp³-hybridized carbons (Fsp3) is 0.182. The maximum absolute atomic E-state index is 9.90. The molecule has 0 aliphatic rings. The molecule has 78 valence electrons. The van der Waals surface area contributed by atoms with Gasteiger partial charge in [-0.2, -0.15) is 11.3 Å². The van der Waals surface area contributed by atoms with E-state index in [0.717, 1.165) is 11.1 Å². The summed E-state index contributed by atoms with van der Waals surface area (Å²) >= 11 is 7.30. The van der Waals surface area contributed by atoms with Gasteiger partial charge in [0.25, 0.3) is 0 Å². The van der Waals surface area contributed by atoms with Crippen LogP contribution in [0.1, 0.15) is 17.2 Å². The van der Waals surface area contributed by atoms with Crippen LogP contribution in [-0.2, 0) is 6.42 Å². The molecule has 0 amide bonds. The number of hydrogen-bond acceptors (Lipinski definition) is 3. The SMILES string of the molecule is OC(Cc1ccsc1)c1ccc(Cl)nc1. The van der Waals surface area contributed by atoms with Crippen molar-refractivity contribution >= 4 is 22.9 Å². The highest BCUT2D eigenvalue weighted by molar-refractivity contribution is 7.07. The van der Waals surface area contributed by atoms with Gasteiger partial charge in [0, 0.05) is 12.6 Å². The Morgan fingerprint density at radius 2 is 2.27 bits per heavy atom. The van der Waals surface area contributed by atoms with Crippen LogP contribution in [0, 0.1) is 0 Å². The van der Waals surface area contributed by atoms with Gasteiger partial charge in [-0.3, -0.25) is 0 Å². The van der Waals surface area contributed by atoms with Crippen LogP contribution in [0.3, 0.4) is 0 Å². The average molecular weight is 240 g/mol. The van der Waals surface area contributed by atoms with Crippen LogP contribution >= 0.6 is 22.9 Å². The van der Waals surface area contributed by atoms with Crippen molar-refractivity contribution in [3.63, 3.8) is 0 Å². The number of aliphatic hydroxyl groups excluding tert-OH is 1. The molecule has 0 radical (unpaired) electrons. The predicted octanol–water partition coefficient (Wildman–Crippen LogP) is 3.07. The molecule has 0 aliphatic carbocycles. The van der Waals surface area contributed by atoms with Crippen molar-refractivity contribution in [1.82, 2.24) is 4.98 Å². The van der Waals surface area contributed by atoms with Crippen molar-refractivity contribution < 1.29 is 5.11 Å². The van der Waals surface area contributed by atoms with E-state index in [9.17, 15) is 5.11 Å². The van der Waals surface area contributed by atoms with Gasteiger partial charge in [0.1, 0.15) is 5.15 Å². The summed E-state index contributed by atoms with van der Waals surface area (Å²) in [6, 6.07) is 5.50. The van der Waals surface area contributed by atoms with E-state index in [1.807, 2.05) is 16.8 Å². The van der Waals surface area contributed by atoms with Crippen LogP contribution in [0.5, 0.6) is 0 Å². The number of pyridine rings is 1. The summed E-state index contributed by atoms with van der Waals surface area (Å²) in [5.41, 5.74) is 1.94. The Bertz CT molecular complexity index is 413. The van der Waals surface area contributed by atoms with Gasteiger partial charge in [-0.15, -0.1) is 0 Å². The molecule has 1 atom stereocenters. The van der Waals surface area contributed by atoms with Gasteiger partial charge in [-0.25, -0.2) is 4.98 Å². The Balaban J connectivity index is 2.08. The summed E-state index contributed by atoms with van der Waals surface area (Å²) in [5, 5.41) is 14.4. The van der Waals surface area contributed by atoms with Crippen LogP contribution in [0.4, 0.5) is 0 Å². The minimum atomic E-state index is -0.510. The molecule has 1 unspecified atom stereocenters. The van der Waals surface area contributed by atoms with Crippen molar-refractivity contribution in [2.45, 2.75) is 12.5 Å². The van der Waals surface area contributed by atoms with Crippen molar-refractivity contribution in [3.8, 4) is 0 Å². The number of rotatable bonds is 3. The van der Waals surface area contributed by atoms with Crippen LogP contribution in [0.15, 0.2) is 35.2 Å². The third kappa shape index (κ3) is 2.78. The molecule has 0 aromatic carbocycles. The lowest BCUT2D eigenvalue weighted by Crippen LogP contribution is -2.01. The predicted molar refractivity (Wildman–Crippen MR) is 62.2 cm³/mol. The first-order chi connectivity index (χ1) is 7.25. The van der Waals surface area contributed by atoms with E-state index < -0.39 is 6.10 Å². The summed E-state index contributed by atoms with van der Waals surface area (Å²) in [6.45, 7) is 0. The lowest BCUT2D eigenvalue weighted by Gasteiger charge is -2.09. The van der Waals surface area contributed by atoms with Gasteiger partial charge in [0.05, 0.1) is 6.10 Å². The molecule has 0 spiro atoms. The van der Waals surface area contributed by atoms with E-state index in [0.29, 0.717) is 11.6 Å². The highest BCUT2D eigenvalue weighted by atomic mass is 35.5. The number of thiophene rings is 1. The third-order valence-electron chi connectivity index (χ3n) is 2.14. The smallest absolute Gasteiger partial charge is 0.129 e. The number of aromatic nitrogens is 1. The Morgan fingerprint density at radius 1 is 1.40 bits per heavy atom. The van der Waals surface area contributed by atoms with Crippen LogP contribution in [0.2, 0.25) is 5.15 Å². The monoisotopic (exact) mass is 239 g/mol. The summed E-state index contributed by atoms with van der Waals surface area (Å²) in [5.74, 6) is 0. The van der Waals surface area contributed by atoms with E-state index in [4.69, 9.17) is 11.6 Å². The third-order valence-corrected chi connectivity index (χ3v) is 3.10. The molecule has 1 N–H and O–H groups in total. The fourth-order valence-corrected chi connectivity index (χ4v) is 2.13. The summed E-state index contributed by atoms with van der Waals surface area (Å²) < 4.78 is 0. The van der Waals surface area contributed by atoms with Crippen molar-refractivity contribution in [3.05, 3.63) is 51.4 Å². The molecular weight excluding hydrogens is 230 g/mol. The van der Waals surface area contributed by atoms with E-state index in [1.165, 1.54) is 0 Å². The number of aliphatic hydroxyl groups is 1. The Morgan fingerprint density at radius 3 is 2.87 bits per heavy atom. The standard InChI is InChI=1S/C11H10ClNOS/c12-11-2-1-9(6-13-11)10(14)5-8-3-4-15-7-8/h1-4,6-7,10,14H,5H2. The Hall–Kier alpha value is -0.900. The van der Waals surface area contributed by atoms with Crippen molar-refractivity contribution in [1.29, 1.82) is 0 Å². The zero-order valence-electron chi connectivity index (χ0n) is 7.93. The first-order valence-corrected chi connectivity index (χ1v) is 5.88. The summed E-state index contributed by atoms with van der Waals surface area (Å²) in [4.78, 5) is 3.94. The molecule has 0 bridgehead atoms. The average Bonchev–Trinajstić information content (AvgIpc) is 2.71. The molecule has 0 saturated carbocycles. The first-order valence-electron chi connectivity index (χ1n) is 4.56. The molecule has 2 aromatic rings. The minimum Gasteiger partial charge on any atom is -0.388 e. The number of hydrogen-bond donors (Lipinski definition) is 1. The second-order valence-electron chi connectivity index (χ2n) is 3.27. The number of halogens is 1. The second-order valence-corrected chi connectivity index (χ2v) is 4.43. The lowest BCUT2D eigenvalue weighted by atomic mass is 10.1. The molecule has 0 fully saturated rings. The molecule has 2 heterocycles. The van der Waals surface area contributed by atoms with Crippen molar-refractivity contribution in [2.24, 2.45) is 0 Å². The van der Waals surface area contributed by atoms with Crippen LogP contribution in [0.25, 0.3) is 0 Å². The maximum atomic E-state index is 9.90.